The van der Waals surface area contributed by atoms with E-state index in [1.165, 1.54) is 19.9 Å². The van der Waals surface area contributed by atoms with E-state index in [4.69, 9.17) is 15.0 Å². The Bertz CT molecular complexity index is 1460. The number of amides is 1. The van der Waals surface area contributed by atoms with Crippen LogP contribution >= 0.6 is 0 Å². The number of hydrogen-bond donors (Lipinski definition) is 2. The van der Waals surface area contributed by atoms with E-state index in [1.54, 1.807) is 6.07 Å². The third-order valence-electron chi connectivity index (χ3n) is 7.87. The Balaban J connectivity index is 1.81. The molecule has 1 heterocycles. The van der Waals surface area contributed by atoms with E-state index in [2.05, 4.69) is 5.16 Å². The number of nitrogens with zero attached hydrogens (tertiary/aromatic N) is 2. The van der Waals surface area contributed by atoms with Crippen molar-refractivity contribution in [1.82, 2.24) is 5.16 Å². The molecule has 204 valence electrons. The second kappa shape index (κ2) is 8.81. The number of sulfone groups is 1. The summed E-state index contributed by atoms with van der Waals surface area (Å²) in [6, 6.07) is 4.48. The van der Waals surface area contributed by atoms with Crippen LogP contribution < -0.4 is 5.73 Å². The molecule has 2 saturated carbocycles. The molecule has 2 aliphatic rings. The van der Waals surface area contributed by atoms with E-state index in [9.17, 15) is 41.5 Å². The molecule has 4 rings (SSSR count). The molecule has 14 heteroatoms. The number of methoxy groups -OCH3 is 1. The van der Waals surface area contributed by atoms with E-state index >= 15 is 0 Å². The van der Waals surface area contributed by atoms with Crippen LogP contribution in [-0.4, -0.2) is 49.0 Å². The third kappa shape index (κ3) is 3.87. The minimum Gasteiger partial charge on any atom is -0.481 e. The maximum absolute atomic E-state index is 14.2. The van der Waals surface area contributed by atoms with Crippen molar-refractivity contribution in [2.45, 2.75) is 55.5 Å². The van der Waals surface area contributed by atoms with E-state index in [-0.39, 0.29) is 23.3 Å². The van der Waals surface area contributed by atoms with Gasteiger partial charge in [-0.15, -0.1) is 0 Å². The molecule has 2 aromatic rings. The number of nitrogens with two attached hydrogens (primary N) is 1. The van der Waals surface area contributed by atoms with Crippen LogP contribution in [0.15, 0.2) is 27.6 Å². The molecule has 2 unspecified atom stereocenters. The first-order chi connectivity index (χ1) is 17.6. The lowest BCUT2D eigenvalue weighted by Crippen LogP contribution is -2.44. The van der Waals surface area contributed by atoms with E-state index < -0.39 is 79.3 Å². The van der Waals surface area contributed by atoms with Crippen molar-refractivity contribution in [3.05, 3.63) is 35.2 Å². The summed E-state index contributed by atoms with van der Waals surface area (Å²) in [5.74, 6) is -3.49. The summed E-state index contributed by atoms with van der Waals surface area (Å²) in [4.78, 5) is 23.5. The number of halogens is 3. The lowest BCUT2D eigenvalue weighted by molar-refractivity contribution is -0.159. The summed E-state index contributed by atoms with van der Waals surface area (Å²) < 4.78 is 80.2. The number of carbonyl (C=O) groups excluding carboxylic acids is 1. The molecule has 1 amide bonds. The Kier molecular flexibility index (Phi) is 6.39. The van der Waals surface area contributed by atoms with Crippen LogP contribution in [-0.2, 0) is 30.3 Å². The van der Waals surface area contributed by atoms with Crippen LogP contribution in [0.2, 0.25) is 0 Å². The number of ether oxygens (including phenoxy) is 1. The topological polar surface area (TPSA) is 174 Å². The van der Waals surface area contributed by atoms with Gasteiger partial charge in [0.15, 0.2) is 9.84 Å². The molecule has 0 spiro atoms. The molecule has 38 heavy (non-hydrogen) atoms. The number of carbonyl (C=O) groups is 2. The molecule has 0 saturated heterocycles. The molecule has 2 fully saturated rings. The Morgan fingerprint density at radius 3 is 2.39 bits per heavy atom. The molecule has 0 radical (unpaired) electrons. The van der Waals surface area contributed by atoms with Crippen molar-refractivity contribution in [2.75, 3.05) is 7.11 Å². The third-order valence-corrected chi connectivity index (χ3v) is 10.1. The first kappa shape index (κ1) is 27.6. The van der Waals surface area contributed by atoms with Gasteiger partial charge in [0.05, 0.1) is 33.6 Å². The number of aryl methyl sites for hydroxylation is 2. The Morgan fingerprint density at radius 2 is 1.95 bits per heavy atom. The van der Waals surface area contributed by atoms with Gasteiger partial charge in [-0.1, -0.05) is 11.2 Å². The molecule has 0 aliphatic heterocycles. The number of nitriles is 1. The van der Waals surface area contributed by atoms with Crippen LogP contribution in [0.25, 0.3) is 11.1 Å². The van der Waals surface area contributed by atoms with Crippen LogP contribution in [0.5, 0.6) is 0 Å². The number of carboxylic acids is 1. The summed E-state index contributed by atoms with van der Waals surface area (Å²) >= 11 is 0. The second-order valence-electron chi connectivity index (χ2n) is 9.79. The van der Waals surface area contributed by atoms with Crippen LogP contribution in [0, 0.1) is 41.9 Å². The fraction of sp³-hybridized carbons (Fsp3) is 0.500. The maximum atomic E-state index is 14.2. The van der Waals surface area contributed by atoms with Gasteiger partial charge in [-0.05, 0) is 50.8 Å². The van der Waals surface area contributed by atoms with Gasteiger partial charge >= 0.3 is 12.1 Å². The van der Waals surface area contributed by atoms with Crippen LogP contribution in [0.4, 0.5) is 13.2 Å². The fourth-order valence-corrected chi connectivity index (χ4v) is 7.91. The smallest absolute Gasteiger partial charge is 0.417 e. The van der Waals surface area contributed by atoms with Gasteiger partial charge < -0.3 is 20.1 Å². The number of rotatable bonds is 7. The maximum Gasteiger partial charge on any atom is 0.417 e. The number of hydrogen-bond acceptors (Lipinski definition) is 8. The zero-order valence-corrected chi connectivity index (χ0v) is 21.3. The second-order valence-corrected chi connectivity index (χ2v) is 12.0. The lowest BCUT2D eigenvalue weighted by Gasteiger charge is -2.31. The number of aromatic nitrogens is 1. The van der Waals surface area contributed by atoms with Gasteiger partial charge in [-0.3, -0.25) is 9.59 Å². The predicted octanol–water partition coefficient (Wildman–Crippen LogP) is 3.01. The van der Waals surface area contributed by atoms with Crippen LogP contribution in [0.1, 0.15) is 36.3 Å². The summed E-state index contributed by atoms with van der Waals surface area (Å²) in [6.45, 7) is 3.04. The lowest BCUT2D eigenvalue weighted by atomic mass is 9.75. The van der Waals surface area contributed by atoms with Crippen molar-refractivity contribution >= 4 is 21.7 Å². The largest absolute Gasteiger partial charge is 0.481 e. The molecule has 1 aromatic carbocycles. The van der Waals surface area contributed by atoms with Gasteiger partial charge in [-0.2, -0.15) is 18.4 Å². The van der Waals surface area contributed by atoms with Crippen molar-refractivity contribution in [2.24, 2.45) is 22.5 Å². The van der Waals surface area contributed by atoms with Gasteiger partial charge in [0, 0.05) is 18.6 Å². The number of carboxylic acid groups (broad SMARTS) is 1. The number of alkyl halides is 3. The molecular formula is C24H24F3N3O7S. The average Bonchev–Trinajstić information content (AvgIpc) is 3.32. The van der Waals surface area contributed by atoms with Crippen molar-refractivity contribution < 1.29 is 45.5 Å². The number of aliphatic carboxylic acids is 1. The summed E-state index contributed by atoms with van der Waals surface area (Å²) in [7, 11) is -3.64. The zero-order valence-electron chi connectivity index (χ0n) is 20.5. The summed E-state index contributed by atoms with van der Waals surface area (Å²) in [5, 5.41) is 21.9. The van der Waals surface area contributed by atoms with Crippen LogP contribution in [0.3, 0.4) is 0 Å². The van der Waals surface area contributed by atoms with Crippen molar-refractivity contribution in [3.63, 3.8) is 0 Å². The molecule has 1 aromatic heterocycles. The highest BCUT2D eigenvalue weighted by Crippen LogP contribution is 2.66. The highest BCUT2D eigenvalue weighted by atomic mass is 32.2. The normalized spacial score (nSPS) is 29.1. The van der Waals surface area contributed by atoms with Crippen molar-refractivity contribution in [3.8, 4) is 17.2 Å². The first-order valence-corrected chi connectivity index (χ1v) is 13.0. The molecule has 5 atom stereocenters. The minimum atomic E-state index is -5.07. The monoisotopic (exact) mass is 555 g/mol. The molecule has 0 bridgehead atoms. The van der Waals surface area contributed by atoms with E-state index in [0.29, 0.717) is 11.8 Å². The summed E-state index contributed by atoms with van der Waals surface area (Å²) in [5.41, 5.74) is 0.727. The first-order valence-electron chi connectivity index (χ1n) is 11.4. The SMILES string of the molecule is CO[C@@H]1C[C@H](S(=O)(=O)c2ccc(-c3c(C)noc3C)cc2C(F)(F)F)C[C@@]1(C(=O)O)C1CC1(C#N)C(N)=O. The predicted molar refractivity (Wildman–Crippen MR) is 123 cm³/mol. The van der Waals surface area contributed by atoms with Gasteiger partial charge in [0.1, 0.15) is 16.6 Å². The molecule has 10 nitrogen and oxygen atoms in total. The van der Waals surface area contributed by atoms with E-state index in [1.807, 2.05) is 0 Å². The molecule has 2 aliphatic carbocycles. The summed E-state index contributed by atoms with van der Waals surface area (Å²) in [6.07, 6.45) is -7.70. The highest BCUT2D eigenvalue weighted by Gasteiger charge is 2.75. The Morgan fingerprint density at radius 1 is 1.29 bits per heavy atom. The zero-order chi connectivity index (χ0) is 28.4. The molecule has 3 N–H and O–H groups in total. The van der Waals surface area contributed by atoms with Crippen molar-refractivity contribution in [1.29, 1.82) is 5.26 Å². The van der Waals surface area contributed by atoms with E-state index in [0.717, 1.165) is 13.2 Å². The minimum absolute atomic E-state index is 0.0480. The number of primary amides is 1. The Hall–Kier alpha value is -3.44. The van der Waals surface area contributed by atoms with Gasteiger partial charge in [0.25, 0.3) is 0 Å². The highest BCUT2D eigenvalue weighted by molar-refractivity contribution is 7.92. The van der Waals surface area contributed by atoms with Gasteiger partial charge in [0.2, 0.25) is 5.91 Å². The quantitative estimate of drug-likeness (QED) is 0.520. The molecular weight excluding hydrogens is 531 g/mol. The number of benzene rings is 1. The standard InChI is InChI=1S/C24H24F3N3O7S/c1-11-19(12(2)37-30-11)13-4-5-16(15(6-13)24(25,26)27)38(34,35)14-7-18(36-3)23(8-14,21(32)33)17-9-22(17,10-28)20(29)31/h4-6,14,17-18H,7-9H2,1-3H3,(H2,29,31)(H,32,33)/t14-,17?,18+,22?,23+/m0/s1. The Labute approximate surface area is 215 Å². The average molecular weight is 556 g/mol. The fourth-order valence-electron chi connectivity index (χ4n) is 5.89. The van der Waals surface area contributed by atoms with Gasteiger partial charge in [-0.25, -0.2) is 8.42 Å².